The van der Waals surface area contributed by atoms with Gasteiger partial charge in [-0.1, -0.05) is 20.3 Å². The molecule has 1 N–H and O–H groups in total. The zero-order valence-electron chi connectivity index (χ0n) is 11.5. The average Bonchev–Trinajstić information content (AvgIpc) is 2.40. The van der Waals surface area contributed by atoms with E-state index in [9.17, 15) is 0 Å². The summed E-state index contributed by atoms with van der Waals surface area (Å²) in [7, 11) is 0. The molecule has 2 heterocycles. The molecule has 2 saturated heterocycles. The normalized spacial score (nSPS) is 30.4. The van der Waals surface area contributed by atoms with Gasteiger partial charge in [-0.2, -0.15) is 11.8 Å². The molecule has 0 radical (unpaired) electrons. The molecular formula is C14H28N2S. The number of nitrogens with one attached hydrogen (secondary N) is 1. The minimum absolute atomic E-state index is 0.400. The van der Waals surface area contributed by atoms with E-state index < -0.39 is 0 Å². The van der Waals surface area contributed by atoms with Crippen molar-refractivity contribution in [2.75, 3.05) is 31.9 Å². The van der Waals surface area contributed by atoms with Crippen LogP contribution in [0.15, 0.2) is 0 Å². The van der Waals surface area contributed by atoms with Crippen molar-refractivity contribution in [2.24, 2.45) is 0 Å². The lowest BCUT2D eigenvalue weighted by Crippen LogP contribution is -2.60. The van der Waals surface area contributed by atoms with Crippen molar-refractivity contribution >= 4 is 11.8 Å². The van der Waals surface area contributed by atoms with Gasteiger partial charge in [-0.25, -0.2) is 0 Å². The van der Waals surface area contributed by atoms with E-state index in [1.807, 2.05) is 0 Å². The van der Waals surface area contributed by atoms with Gasteiger partial charge in [0.2, 0.25) is 0 Å². The molecule has 0 aliphatic carbocycles. The van der Waals surface area contributed by atoms with Gasteiger partial charge in [-0.15, -0.1) is 0 Å². The van der Waals surface area contributed by atoms with Crippen LogP contribution in [-0.4, -0.2) is 47.6 Å². The van der Waals surface area contributed by atoms with Gasteiger partial charge in [0.05, 0.1) is 0 Å². The highest BCUT2D eigenvalue weighted by Gasteiger charge is 2.32. The second kappa shape index (κ2) is 6.44. The van der Waals surface area contributed by atoms with E-state index in [2.05, 4.69) is 35.8 Å². The van der Waals surface area contributed by atoms with Crippen molar-refractivity contribution in [1.29, 1.82) is 0 Å². The summed E-state index contributed by atoms with van der Waals surface area (Å²) in [5, 5.41) is 4.66. The number of nitrogens with zero attached hydrogens (tertiary/aromatic N) is 1. The van der Waals surface area contributed by atoms with Gasteiger partial charge in [0, 0.05) is 37.0 Å². The fourth-order valence-electron chi connectivity index (χ4n) is 3.16. The Morgan fingerprint density at radius 2 is 2.12 bits per heavy atom. The molecule has 0 aromatic carbocycles. The maximum atomic E-state index is 3.75. The molecule has 0 saturated carbocycles. The first kappa shape index (κ1) is 13.7. The molecule has 0 spiro atoms. The van der Waals surface area contributed by atoms with Crippen LogP contribution in [0, 0.1) is 0 Å². The molecule has 1 atom stereocenters. The zero-order valence-corrected chi connectivity index (χ0v) is 12.3. The third kappa shape index (κ3) is 3.62. The predicted octanol–water partition coefficient (Wildman–Crippen LogP) is 2.74. The van der Waals surface area contributed by atoms with E-state index in [-0.39, 0.29) is 0 Å². The third-order valence-electron chi connectivity index (χ3n) is 4.54. The first-order chi connectivity index (χ1) is 8.28. The molecule has 0 bridgehead atoms. The largest absolute Gasteiger partial charge is 0.309 e. The monoisotopic (exact) mass is 256 g/mol. The molecule has 0 aromatic heterocycles. The Balaban J connectivity index is 1.84. The van der Waals surface area contributed by atoms with Gasteiger partial charge in [0.15, 0.2) is 0 Å². The summed E-state index contributed by atoms with van der Waals surface area (Å²) in [4.78, 5) is 2.71. The van der Waals surface area contributed by atoms with Crippen molar-refractivity contribution in [3.8, 4) is 0 Å². The molecule has 2 rings (SSSR count). The van der Waals surface area contributed by atoms with Gasteiger partial charge in [-0.3, -0.25) is 4.90 Å². The van der Waals surface area contributed by atoms with Crippen molar-refractivity contribution in [3.05, 3.63) is 0 Å². The Morgan fingerprint density at radius 3 is 2.76 bits per heavy atom. The van der Waals surface area contributed by atoms with Crippen LogP contribution in [0.2, 0.25) is 0 Å². The Labute approximate surface area is 111 Å². The van der Waals surface area contributed by atoms with E-state index in [0.29, 0.717) is 5.54 Å². The Hall–Kier alpha value is 0.270. The van der Waals surface area contributed by atoms with Crippen molar-refractivity contribution in [2.45, 2.75) is 56.7 Å². The van der Waals surface area contributed by atoms with E-state index in [1.54, 1.807) is 0 Å². The molecule has 2 nitrogen and oxygen atoms in total. The van der Waals surface area contributed by atoms with Crippen LogP contribution in [0.4, 0.5) is 0 Å². The fourth-order valence-corrected chi connectivity index (χ4v) is 4.51. The quantitative estimate of drug-likeness (QED) is 0.832. The summed E-state index contributed by atoms with van der Waals surface area (Å²) in [5.41, 5.74) is 0.400. The number of hydrogen-bond acceptors (Lipinski definition) is 3. The topological polar surface area (TPSA) is 15.3 Å². The molecular weight excluding hydrogens is 228 g/mol. The van der Waals surface area contributed by atoms with E-state index in [4.69, 9.17) is 0 Å². The molecule has 2 aliphatic rings. The van der Waals surface area contributed by atoms with Crippen molar-refractivity contribution < 1.29 is 0 Å². The van der Waals surface area contributed by atoms with Gasteiger partial charge in [-0.05, 0) is 31.4 Å². The van der Waals surface area contributed by atoms with Crippen LogP contribution < -0.4 is 5.32 Å². The number of thioether (sulfide) groups is 1. The summed E-state index contributed by atoms with van der Waals surface area (Å²) in [5.74, 6) is 1.39. The van der Waals surface area contributed by atoms with Crippen LogP contribution in [-0.2, 0) is 0 Å². The van der Waals surface area contributed by atoms with E-state index in [0.717, 1.165) is 5.25 Å². The lowest BCUT2D eigenvalue weighted by atomic mass is 9.90. The maximum absolute atomic E-state index is 3.75. The van der Waals surface area contributed by atoms with E-state index >= 15 is 0 Å². The number of rotatable bonds is 4. The number of piperazine rings is 1. The highest BCUT2D eigenvalue weighted by molar-refractivity contribution is 7.99. The van der Waals surface area contributed by atoms with Crippen LogP contribution in [0.1, 0.15) is 46.0 Å². The van der Waals surface area contributed by atoms with Crippen molar-refractivity contribution in [1.82, 2.24) is 10.2 Å². The molecule has 0 aromatic rings. The van der Waals surface area contributed by atoms with Gasteiger partial charge in [0.1, 0.15) is 0 Å². The van der Waals surface area contributed by atoms with Crippen molar-refractivity contribution in [3.63, 3.8) is 0 Å². The standard InChI is InChI=1S/C14H28N2S/c1-3-14(4-2)12-16(9-8-15-14)11-13-7-5-6-10-17-13/h13,15H,3-12H2,1-2H3. The van der Waals surface area contributed by atoms with Crippen LogP contribution in [0.25, 0.3) is 0 Å². The lowest BCUT2D eigenvalue weighted by molar-refractivity contribution is 0.123. The second-order valence-corrected chi connectivity index (χ2v) is 7.05. The molecule has 2 fully saturated rings. The van der Waals surface area contributed by atoms with Gasteiger partial charge in [0.25, 0.3) is 0 Å². The Morgan fingerprint density at radius 1 is 1.29 bits per heavy atom. The highest BCUT2D eigenvalue weighted by Crippen LogP contribution is 2.27. The summed E-state index contributed by atoms with van der Waals surface area (Å²) in [6, 6.07) is 0. The second-order valence-electron chi connectivity index (χ2n) is 5.64. The Bertz CT molecular complexity index is 222. The molecule has 0 amide bonds. The summed E-state index contributed by atoms with van der Waals surface area (Å²) in [6.45, 7) is 9.67. The SMILES string of the molecule is CCC1(CC)CN(CC2CCCCS2)CCN1. The zero-order chi connectivity index (χ0) is 12.1. The summed E-state index contributed by atoms with van der Waals surface area (Å²) >= 11 is 2.21. The minimum atomic E-state index is 0.400. The van der Waals surface area contributed by atoms with Gasteiger partial charge < -0.3 is 5.32 Å². The molecule has 2 aliphatic heterocycles. The first-order valence-electron chi connectivity index (χ1n) is 7.37. The van der Waals surface area contributed by atoms with Crippen LogP contribution in [0.5, 0.6) is 0 Å². The highest BCUT2D eigenvalue weighted by atomic mass is 32.2. The molecule has 3 heteroatoms. The minimum Gasteiger partial charge on any atom is -0.309 e. The van der Waals surface area contributed by atoms with E-state index in [1.165, 1.54) is 64.0 Å². The van der Waals surface area contributed by atoms with Gasteiger partial charge >= 0.3 is 0 Å². The van der Waals surface area contributed by atoms with Crippen LogP contribution >= 0.6 is 11.8 Å². The smallest absolute Gasteiger partial charge is 0.0304 e. The third-order valence-corrected chi connectivity index (χ3v) is 5.92. The summed E-state index contributed by atoms with van der Waals surface area (Å²) < 4.78 is 0. The first-order valence-corrected chi connectivity index (χ1v) is 8.42. The Kier molecular flexibility index (Phi) is 5.19. The maximum Gasteiger partial charge on any atom is 0.0304 e. The predicted molar refractivity (Wildman–Crippen MR) is 77.9 cm³/mol. The van der Waals surface area contributed by atoms with Crippen LogP contribution in [0.3, 0.4) is 0 Å². The summed E-state index contributed by atoms with van der Waals surface area (Å²) in [6.07, 6.45) is 6.86. The number of hydrogen-bond donors (Lipinski definition) is 1. The lowest BCUT2D eigenvalue weighted by Gasteiger charge is -2.44. The molecule has 100 valence electrons. The molecule has 17 heavy (non-hydrogen) atoms. The molecule has 1 unspecified atom stereocenters. The average molecular weight is 256 g/mol. The fraction of sp³-hybridized carbons (Fsp3) is 1.00.